The van der Waals surface area contributed by atoms with Gasteiger partial charge in [0.05, 0.1) is 0 Å². The van der Waals surface area contributed by atoms with Gasteiger partial charge in [-0.1, -0.05) is 36.7 Å². The molecule has 0 fully saturated rings. The number of carbonyl (C=O) groups is 1. The summed E-state index contributed by atoms with van der Waals surface area (Å²) in [6, 6.07) is 7.31. The van der Waals surface area contributed by atoms with E-state index in [0.717, 1.165) is 5.56 Å². The lowest BCUT2D eigenvalue weighted by atomic mass is 10.1. The van der Waals surface area contributed by atoms with Crippen LogP contribution in [0.2, 0.25) is 5.02 Å². The van der Waals surface area contributed by atoms with Gasteiger partial charge in [0.1, 0.15) is 19.0 Å². The standard InChI is InChI=1S/C14H19ClO4/c1-4-13(16)19-10(2)14(18-9-17-3)11-7-5-6-8-12(11)15/h5-8,10,14H,4,9H2,1-3H3/t10-,14+/m0/s1. The molecule has 2 atom stereocenters. The average Bonchev–Trinajstić information content (AvgIpc) is 2.40. The Morgan fingerprint density at radius 2 is 2.05 bits per heavy atom. The molecule has 0 spiro atoms. The highest BCUT2D eigenvalue weighted by atomic mass is 35.5. The molecule has 0 aromatic heterocycles. The Labute approximate surface area is 118 Å². The van der Waals surface area contributed by atoms with E-state index in [2.05, 4.69) is 0 Å². The van der Waals surface area contributed by atoms with Crippen molar-refractivity contribution in [1.82, 2.24) is 0 Å². The highest BCUT2D eigenvalue weighted by molar-refractivity contribution is 6.31. The van der Waals surface area contributed by atoms with Crippen molar-refractivity contribution in [2.45, 2.75) is 32.5 Å². The van der Waals surface area contributed by atoms with Gasteiger partial charge in [-0.2, -0.15) is 0 Å². The summed E-state index contributed by atoms with van der Waals surface area (Å²) in [7, 11) is 1.53. The number of carbonyl (C=O) groups excluding carboxylic acids is 1. The molecule has 1 aromatic rings. The maximum Gasteiger partial charge on any atom is 0.305 e. The van der Waals surface area contributed by atoms with Crippen LogP contribution in [0.25, 0.3) is 0 Å². The zero-order valence-electron chi connectivity index (χ0n) is 11.4. The van der Waals surface area contributed by atoms with Crippen molar-refractivity contribution >= 4 is 17.6 Å². The van der Waals surface area contributed by atoms with E-state index in [1.54, 1.807) is 19.9 Å². The fourth-order valence-electron chi connectivity index (χ4n) is 1.68. The van der Waals surface area contributed by atoms with Gasteiger partial charge >= 0.3 is 5.97 Å². The molecule has 0 unspecified atom stereocenters. The SMILES string of the molecule is CCC(=O)O[C@@H](C)[C@@H](OCOC)c1ccccc1Cl. The first-order valence-corrected chi connectivity index (χ1v) is 6.52. The molecule has 4 nitrogen and oxygen atoms in total. The van der Waals surface area contributed by atoms with Crippen LogP contribution in [0.4, 0.5) is 0 Å². The zero-order valence-corrected chi connectivity index (χ0v) is 12.1. The third-order valence-corrected chi connectivity index (χ3v) is 2.95. The topological polar surface area (TPSA) is 44.8 Å². The van der Waals surface area contributed by atoms with Crippen molar-refractivity contribution < 1.29 is 19.0 Å². The van der Waals surface area contributed by atoms with Gasteiger partial charge in [0, 0.05) is 24.1 Å². The third-order valence-electron chi connectivity index (χ3n) is 2.61. The number of hydrogen-bond donors (Lipinski definition) is 0. The van der Waals surface area contributed by atoms with E-state index < -0.39 is 12.2 Å². The molecule has 19 heavy (non-hydrogen) atoms. The monoisotopic (exact) mass is 286 g/mol. The van der Waals surface area contributed by atoms with Crippen LogP contribution in [0.1, 0.15) is 31.9 Å². The van der Waals surface area contributed by atoms with Crippen molar-refractivity contribution in [3.05, 3.63) is 34.9 Å². The van der Waals surface area contributed by atoms with Crippen LogP contribution in [0.15, 0.2) is 24.3 Å². The molecule has 0 N–H and O–H groups in total. The van der Waals surface area contributed by atoms with Crippen molar-refractivity contribution in [2.75, 3.05) is 13.9 Å². The molecule has 0 heterocycles. The molecule has 0 aliphatic carbocycles. The summed E-state index contributed by atoms with van der Waals surface area (Å²) in [5, 5.41) is 0.572. The summed E-state index contributed by atoms with van der Waals surface area (Å²) in [6.45, 7) is 3.62. The minimum Gasteiger partial charge on any atom is -0.460 e. The summed E-state index contributed by atoms with van der Waals surface area (Å²) in [6.07, 6.45) is -0.573. The minimum absolute atomic E-state index is 0.101. The average molecular weight is 287 g/mol. The first kappa shape index (κ1) is 16.0. The van der Waals surface area contributed by atoms with Gasteiger partial charge in [-0.25, -0.2) is 0 Å². The fourth-order valence-corrected chi connectivity index (χ4v) is 1.92. The van der Waals surface area contributed by atoms with Gasteiger partial charge in [0.25, 0.3) is 0 Å². The van der Waals surface area contributed by atoms with Gasteiger partial charge in [-0.05, 0) is 13.0 Å². The van der Waals surface area contributed by atoms with Crippen molar-refractivity contribution in [1.29, 1.82) is 0 Å². The second-order valence-electron chi connectivity index (χ2n) is 4.06. The Morgan fingerprint density at radius 3 is 2.63 bits per heavy atom. The fraction of sp³-hybridized carbons (Fsp3) is 0.500. The first-order valence-electron chi connectivity index (χ1n) is 6.14. The quantitative estimate of drug-likeness (QED) is 0.570. The van der Waals surface area contributed by atoms with Gasteiger partial charge in [-0.15, -0.1) is 0 Å². The Balaban J connectivity index is 2.88. The molecule has 0 saturated carbocycles. The summed E-state index contributed by atoms with van der Waals surface area (Å²) in [5.41, 5.74) is 0.776. The molecule has 0 aliphatic rings. The van der Waals surface area contributed by atoms with Gasteiger partial charge in [0.2, 0.25) is 0 Å². The second kappa shape index (κ2) is 8.15. The number of methoxy groups -OCH3 is 1. The lowest BCUT2D eigenvalue weighted by molar-refractivity contribution is -0.163. The number of benzene rings is 1. The molecule has 5 heteroatoms. The van der Waals surface area contributed by atoms with Gasteiger partial charge < -0.3 is 14.2 Å². The summed E-state index contributed by atoms with van der Waals surface area (Å²) < 4.78 is 15.8. The normalized spacial score (nSPS) is 13.9. The summed E-state index contributed by atoms with van der Waals surface area (Å²) in [4.78, 5) is 11.4. The van der Waals surface area contributed by atoms with E-state index in [-0.39, 0.29) is 12.8 Å². The molecule has 0 bridgehead atoms. The van der Waals surface area contributed by atoms with Crippen LogP contribution >= 0.6 is 11.6 Å². The number of halogens is 1. The molecular weight excluding hydrogens is 268 g/mol. The summed E-state index contributed by atoms with van der Waals surface area (Å²) in [5.74, 6) is -0.273. The van der Waals surface area contributed by atoms with Gasteiger partial charge in [0.15, 0.2) is 0 Å². The van der Waals surface area contributed by atoms with Crippen molar-refractivity contribution in [2.24, 2.45) is 0 Å². The Kier molecular flexibility index (Phi) is 6.84. The Bertz CT molecular complexity index is 408. The minimum atomic E-state index is -0.454. The predicted octanol–water partition coefficient (Wildman–Crippen LogP) is 3.34. The molecule has 0 saturated heterocycles. The van der Waals surface area contributed by atoms with Crippen LogP contribution in [-0.4, -0.2) is 26.0 Å². The maximum atomic E-state index is 11.4. The third kappa shape index (κ3) is 4.82. The number of hydrogen-bond acceptors (Lipinski definition) is 4. The molecule has 1 rings (SSSR count). The number of rotatable bonds is 7. The van der Waals surface area contributed by atoms with E-state index in [4.69, 9.17) is 25.8 Å². The molecule has 106 valence electrons. The highest BCUT2D eigenvalue weighted by Crippen LogP contribution is 2.29. The zero-order chi connectivity index (χ0) is 14.3. The summed E-state index contributed by atoms with van der Waals surface area (Å²) >= 11 is 6.15. The second-order valence-corrected chi connectivity index (χ2v) is 4.47. The predicted molar refractivity (Wildman–Crippen MR) is 73.0 cm³/mol. The van der Waals surface area contributed by atoms with E-state index in [1.807, 2.05) is 18.2 Å². The molecule has 0 radical (unpaired) electrons. The lowest BCUT2D eigenvalue weighted by Gasteiger charge is -2.25. The van der Waals surface area contributed by atoms with Crippen LogP contribution in [0.3, 0.4) is 0 Å². The number of ether oxygens (including phenoxy) is 3. The number of esters is 1. The van der Waals surface area contributed by atoms with Crippen molar-refractivity contribution in [3.8, 4) is 0 Å². The van der Waals surface area contributed by atoms with E-state index in [9.17, 15) is 4.79 Å². The van der Waals surface area contributed by atoms with Gasteiger partial charge in [-0.3, -0.25) is 4.79 Å². The molecular formula is C14H19ClO4. The van der Waals surface area contributed by atoms with Crippen LogP contribution in [-0.2, 0) is 19.0 Å². The van der Waals surface area contributed by atoms with E-state index >= 15 is 0 Å². The molecule has 0 amide bonds. The maximum absolute atomic E-state index is 11.4. The highest BCUT2D eigenvalue weighted by Gasteiger charge is 2.25. The largest absolute Gasteiger partial charge is 0.460 e. The Morgan fingerprint density at radius 1 is 1.37 bits per heavy atom. The van der Waals surface area contributed by atoms with E-state index in [0.29, 0.717) is 11.4 Å². The molecule has 0 aliphatic heterocycles. The van der Waals surface area contributed by atoms with Crippen LogP contribution < -0.4 is 0 Å². The van der Waals surface area contributed by atoms with Crippen LogP contribution in [0, 0.1) is 0 Å². The molecule has 1 aromatic carbocycles. The Hall–Kier alpha value is -1.10. The van der Waals surface area contributed by atoms with E-state index in [1.165, 1.54) is 7.11 Å². The lowest BCUT2D eigenvalue weighted by Crippen LogP contribution is -2.25. The first-order chi connectivity index (χ1) is 9.10. The van der Waals surface area contributed by atoms with Crippen molar-refractivity contribution in [3.63, 3.8) is 0 Å². The smallest absolute Gasteiger partial charge is 0.305 e. The van der Waals surface area contributed by atoms with Crippen LogP contribution in [0.5, 0.6) is 0 Å².